The summed E-state index contributed by atoms with van der Waals surface area (Å²) in [6.07, 6.45) is 2.66. The van der Waals surface area contributed by atoms with E-state index < -0.39 is 0 Å². The highest BCUT2D eigenvalue weighted by Crippen LogP contribution is 2.30. The standard InChI is InChI=1S/C11H13BrClNO/c12-11-9(13)4-1-5-10(11)14-7-8-3-2-6-15-8/h1,4-5,8,14H,2-3,6-7H2. The Labute approximate surface area is 103 Å². The molecule has 1 N–H and O–H groups in total. The van der Waals surface area contributed by atoms with Crippen molar-refractivity contribution in [3.8, 4) is 0 Å². The fraction of sp³-hybridized carbons (Fsp3) is 0.455. The molecule has 1 aromatic rings. The summed E-state index contributed by atoms with van der Waals surface area (Å²) in [6, 6.07) is 5.80. The van der Waals surface area contributed by atoms with E-state index in [0.717, 1.165) is 34.8 Å². The first-order chi connectivity index (χ1) is 7.27. The molecule has 2 rings (SSSR count). The van der Waals surface area contributed by atoms with Gasteiger partial charge in [-0.25, -0.2) is 0 Å². The lowest BCUT2D eigenvalue weighted by Gasteiger charge is -2.13. The number of hydrogen-bond acceptors (Lipinski definition) is 2. The molecule has 1 unspecified atom stereocenters. The van der Waals surface area contributed by atoms with Crippen molar-refractivity contribution in [1.82, 2.24) is 0 Å². The summed E-state index contributed by atoms with van der Waals surface area (Å²) in [6.45, 7) is 1.74. The maximum Gasteiger partial charge on any atom is 0.0748 e. The van der Waals surface area contributed by atoms with E-state index in [9.17, 15) is 0 Å². The summed E-state index contributed by atoms with van der Waals surface area (Å²) in [7, 11) is 0. The second kappa shape index (κ2) is 5.19. The normalized spacial score (nSPS) is 20.5. The smallest absolute Gasteiger partial charge is 0.0748 e. The number of halogens is 2. The molecule has 1 heterocycles. The topological polar surface area (TPSA) is 21.3 Å². The average Bonchev–Trinajstić information content (AvgIpc) is 2.73. The molecule has 0 aromatic heterocycles. The molecule has 82 valence electrons. The summed E-state index contributed by atoms with van der Waals surface area (Å²) in [5.41, 5.74) is 1.03. The second-order valence-corrected chi connectivity index (χ2v) is 4.82. The average molecular weight is 291 g/mol. The van der Waals surface area contributed by atoms with Crippen LogP contribution in [0.15, 0.2) is 22.7 Å². The van der Waals surface area contributed by atoms with Crippen molar-refractivity contribution in [3.63, 3.8) is 0 Å². The van der Waals surface area contributed by atoms with Crippen molar-refractivity contribution < 1.29 is 4.74 Å². The molecule has 1 saturated heterocycles. The van der Waals surface area contributed by atoms with Gasteiger partial charge in [0.05, 0.1) is 21.3 Å². The van der Waals surface area contributed by atoms with Crippen LogP contribution < -0.4 is 5.32 Å². The highest BCUT2D eigenvalue weighted by atomic mass is 79.9. The van der Waals surface area contributed by atoms with Gasteiger partial charge in [0, 0.05) is 13.2 Å². The highest BCUT2D eigenvalue weighted by molar-refractivity contribution is 9.10. The van der Waals surface area contributed by atoms with Gasteiger partial charge in [-0.1, -0.05) is 17.7 Å². The molecule has 15 heavy (non-hydrogen) atoms. The fourth-order valence-electron chi connectivity index (χ4n) is 1.67. The summed E-state index contributed by atoms with van der Waals surface area (Å²) >= 11 is 9.45. The summed E-state index contributed by atoms with van der Waals surface area (Å²) < 4.78 is 6.45. The third kappa shape index (κ3) is 2.86. The minimum absolute atomic E-state index is 0.343. The molecular formula is C11H13BrClNO. The monoisotopic (exact) mass is 289 g/mol. The summed E-state index contributed by atoms with van der Waals surface area (Å²) in [4.78, 5) is 0. The maximum atomic E-state index is 5.99. The van der Waals surface area contributed by atoms with Gasteiger partial charge in [-0.05, 0) is 40.9 Å². The molecular weight excluding hydrogens is 277 g/mol. The molecule has 1 atom stereocenters. The predicted octanol–water partition coefficient (Wildman–Crippen LogP) is 3.69. The Bertz CT molecular complexity index is 339. The van der Waals surface area contributed by atoms with E-state index in [2.05, 4.69) is 21.2 Å². The van der Waals surface area contributed by atoms with Crippen LogP contribution in [0.4, 0.5) is 5.69 Å². The maximum absolute atomic E-state index is 5.99. The number of ether oxygens (including phenoxy) is 1. The molecule has 1 fully saturated rings. The van der Waals surface area contributed by atoms with Gasteiger partial charge in [-0.2, -0.15) is 0 Å². The van der Waals surface area contributed by atoms with Crippen molar-refractivity contribution in [2.24, 2.45) is 0 Å². The Morgan fingerprint density at radius 1 is 1.53 bits per heavy atom. The SMILES string of the molecule is Clc1cccc(NCC2CCCO2)c1Br. The summed E-state index contributed by atoms with van der Waals surface area (Å²) in [5, 5.41) is 4.07. The van der Waals surface area contributed by atoms with E-state index in [1.807, 2.05) is 18.2 Å². The predicted molar refractivity (Wildman–Crippen MR) is 66.6 cm³/mol. The van der Waals surface area contributed by atoms with Crippen LogP contribution in [0.1, 0.15) is 12.8 Å². The lowest BCUT2D eigenvalue weighted by molar-refractivity contribution is 0.120. The molecule has 4 heteroatoms. The minimum Gasteiger partial charge on any atom is -0.381 e. The van der Waals surface area contributed by atoms with E-state index in [0.29, 0.717) is 6.10 Å². The number of anilines is 1. The van der Waals surface area contributed by atoms with Crippen molar-refractivity contribution in [2.45, 2.75) is 18.9 Å². The number of rotatable bonds is 3. The molecule has 0 bridgehead atoms. The van der Waals surface area contributed by atoms with Crippen molar-refractivity contribution in [1.29, 1.82) is 0 Å². The van der Waals surface area contributed by atoms with E-state index in [1.165, 1.54) is 6.42 Å². The quantitative estimate of drug-likeness (QED) is 0.916. The van der Waals surface area contributed by atoms with E-state index in [1.54, 1.807) is 0 Å². The van der Waals surface area contributed by atoms with Gasteiger partial charge in [0.2, 0.25) is 0 Å². The van der Waals surface area contributed by atoms with Crippen LogP contribution in [0.25, 0.3) is 0 Å². The largest absolute Gasteiger partial charge is 0.381 e. The zero-order chi connectivity index (χ0) is 10.7. The van der Waals surface area contributed by atoms with Crippen LogP contribution in [-0.2, 0) is 4.74 Å². The first-order valence-corrected chi connectivity index (χ1v) is 6.24. The van der Waals surface area contributed by atoms with Crippen LogP contribution in [0.2, 0.25) is 5.02 Å². The molecule has 0 radical (unpaired) electrons. The second-order valence-electron chi connectivity index (χ2n) is 3.62. The fourth-order valence-corrected chi connectivity index (χ4v) is 2.25. The van der Waals surface area contributed by atoms with E-state index in [-0.39, 0.29) is 0 Å². The van der Waals surface area contributed by atoms with E-state index in [4.69, 9.17) is 16.3 Å². The van der Waals surface area contributed by atoms with E-state index >= 15 is 0 Å². The van der Waals surface area contributed by atoms with Crippen LogP contribution in [-0.4, -0.2) is 19.3 Å². The third-order valence-electron chi connectivity index (χ3n) is 2.50. The lowest BCUT2D eigenvalue weighted by atomic mass is 10.2. The third-order valence-corrected chi connectivity index (χ3v) is 3.89. The summed E-state index contributed by atoms with van der Waals surface area (Å²) in [5.74, 6) is 0. The highest BCUT2D eigenvalue weighted by Gasteiger charge is 2.15. The van der Waals surface area contributed by atoms with Crippen LogP contribution >= 0.6 is 27.5 Å². The molecule has 1 aliphatic heterocycles. The first kappa shape index (κ1) is 11.2. The zero-order valence-corrected chi connectivity index (χ0v) is 10.6. The van der Waals surface area contributed by atoms with Gasteiger partial charge in [0.15, 0.2) is 0 Å². The Balaban J connectivity index is 1.95. The minimum atomic E-state index is 0.343. The van der Waals surface area contributed by atoms with Gasteiger partial charge in [0.25, 0.3) is 0 Å². The molecule has 0 saturated carbocycles. The molecule has 1 aromatic carbocycles. The van der Waals surface area contributed by atoms with Crippen molar-refractivity contribution in [2.75, 3.05) is 18.5 Å². The van der Waals surface area contributed by atoms with Crippen LogP contribution in [0, 0.1) is 0 Å². The Morgan fingerprint density at radius 2 is 2.40 bits per heavy atom. The Kier molecular flexibility index (Phi) is 3.89. The van der Waals surface area contributed by atoms with Gasteiger partial charge >= 0.3 is 0 Å². The molecule has 1 aliphatic rings. The van der Waals surface area contributed by atoms with Gasteiger partial charge in [0.1, 0.15) is 0 Å². The molecule has 0 spiro atoms. The van der Waals surface area contributed by atoms with Crippen molar-refractivity contribution in [3.05, 3.63) is 27.7 Å². The number of hydrogen-bond donors (Lipinski definition) is 1. The van der Waals surface area contributed by atoms with Gasteiger partial charge < -0.3 is 10.1 Å². The Morgan fingerprint density at radius 3 is 3.13 bits per heavy atom. The number of nitrogens with one attached hydrogen (secondary N) is 1. The molecule has 2 nitrogen and oxygen atoms in total. The number of benzene rings is 1. The lowest BCUT2D eigenvalue weighted by Crippen LogP contribution is -2.18. The first-order valence-electron chi connectivity index (χ1n) is 5.07. The van der Waals surface area contributed by atoms with Crippen molar-refractivity contribution >= 4 is 33.2 Å². The van der Waals surface area contributed by atoms with Crippen LogP contribution in [0.5, 0.6) is 0 Å². The molecule has 0 aliphatic carbocycles. The Hall–Kier alpha value is -0.250. The molecule has 0 amide bonds. The van der Waals surface area contributed by atoms with Crippen LogP contribution in [0.3, 0.4) is 0 Å². The zero-order valence-electron chi connectivity index (χ0n) is 8.30. The van der Waals surface area contributed by atoms with Gasteiger partial charge in [-0.15, -0.1) is 0 Å². The van der Waals surface area contributed by atoms with Gasteiger partial charge in [-0.3, -0.25) is 0 Å².